The lowest BCUT2D eigenvalue weighted by Crippen LogP contribution is -2.41. The Hall–Kier alpha value is -1.10. The monoisotopic (exact) mass is 213 g/mol. The van der Waals surface area contributed by atoms with Crippen LogP contribution in [0, 0.1) is 5.92 Å². The van der Waals surface area contributed by atoms with Gasteiger partial charge in [-0.1, -0.05) is 0 Å². The van der Waals surface area contributed by atoms with Crippen LogP contribution in [0.3, 0.4) is 0 Å². The summed E-state index contributed by atoms with van der Waals surface area (Å²) in [6.45, 7) is 5.01. The van der Waals surface area contributed by atoms with Crippen LogP contribution in [0.2, 0.25) is 0 Å². The number of nitrogens with two attached hydrogens (primary N) is 1. The molecule has 0 bridgehead atoms. The zero-order valence-electron chi connectivity index (χ0n) is 9.32. The molecule has 0 aromatic rings. The molecule has 15 heavy (non-hydrogen) atoms. The number of amides is 2. The number of rotatable bonds is 5. The van der Waals surface area contributed by atoms with Crippen molar-refractivity contribution in [2.24, 2.45) is 11.7 Å². The van der Waals surface area contributed by atoms with Crippen molar-refractivity contribution in [3.05, 3.63) is 0 Å². The number of carbonyl (C=O) groups excluding carboxylic acids is 2. The second kappa shape index (κ2) is 5.11. The molecule has 86 valence electrons. The highest BCUT2D eigenvalue weighted by molar-refractivity contribution is 5.87. The zero-order valence-corrected chi connectivity index (χ0v) is 9.32. The fourth-order valence-corrected chi connectivity index (χ4v) is 1.51. The molecule has 0 radical (unpaired) electrons. The molecule has 2 unspecified atom stereocenters. The number of likely N-dealkylation sites (N-methyl/N-ethyl adjacent to an activating group) is 2. The van der Waals surface area contributed by atoms with E-state index in [4.69, 9.17) is 5.73 Å². The summed E-state index contributed by atoms with van der Waals surface area (Å²) in [6.07, 6.45) is 0.755. The standard InChI is InChI=1S/C10H19N3O2/c1-3-12-9(14)6-13(4-2)10(15)7-5-8(7)11/h7-8H,3-6,11H2,1-2H3,(H,12,14). The van der Waals surface area contributed by atoms with E-state index in [0.29, 0.717) is 13.1 Å². The number of nitrogens with zero attached hydrogens (tertiary/aromatic N) is 1. The normalized spacial score (nSPS) is 23.4. The van der Waals surface area contributed by atoms with Crippen LogP contribution in [0.15, 0.2) is 0 Å². The highest BCUT2D eigenvalue weighted by Gasteiger charge is 2.42. The van der Waals surface area contributed by atoms with Gasteiger partial charge in [-0.3, -0.25) is 9.59 Å². The van der Waals surface area contributed by atoms with E-state index in [-0.39, 0.29) is 30.3 Å². The molecule has 1 aliphatic rings. The van der Waals surface area contributed by atoms with E-state index in [1.54, 1.807) is 4.90 Å². The van der Waals surface area contributed by atoms with Crippen LogP contribution in [0.5, 0.6) is 0 Å². The Balaban J connectivity index is 2.41. The third-order valence-corrected chi connectivity index (χ3v) is 2.56. The fraction of sp³-hybridized carbons (Fsp3) is 0.800. The first kappa shape index (κ1) is 12.0. The van der Waals surface area contributed by atoms with Crippen molar-refractivity contribution in [3.63, 3.8) is 0 Å². The summed E-state index contributed by atoms with van der Waals surface area (Å²) in [5.74, 6) is -0.155. The van der Waals surface area contributed by atoms with E-state index in [1.165, 1.54) is 0 Å². The van der Waals surface area contributed by atoms with Gasteiger partial charge >= 0.3 is 0 Å². The van der Waals surface area contributed by atoms with E-state index < -0.39 is 0 Å². The van der Waals surface area contributed by atoms with Crippen molar-refractivity contribution in [1.29, 1.82) is 0 Å². The Morgan fingerprint density at radius 1 is 1.47 bits per heavy atom. The third kappa shape index (κ3) is 3.20. The van der Waals surface area contributed by atoms with Gasteiger partial charge in [0.1, 0.15) is 0 Å². The minimum atomic E-state index is -0.109. The van der Waals surface area contributed by atoms with Crippen molar-refractivity contribution in [3.8, 4) is 0 Å². The maximum absolute atomic E-state index is 11.8. The van der Waals surface area contributed by atoms with Crippen molar-refractivity contribution in [1.82, 2.24) is 10.2 Å². The summed E-state index contributed by atoms with van der Waals surface area (Å²) in [5, 5.41) is 2.67. The van der Waals surface area contributed by atoms with Gasteiger partial charge in [-0.2, -0.15) is 0 Å². The molecule has 2 atom stereocenters. The van der Waals surface area contributed by atoms with Crippen LogP contribution < -0.4 is 11.1 Å². The highest BCUT2D eigenvalue weighted by atomic mass is 16.2. The predicted molar refractivity (Wildman–Crippen MR) is 57.0 cm³/mol. The average Bonchev–Trinajstić information content (AvgIpc) is 2.91. The van der Waals surface area contributed by atoms with Gasteiger partial charge in [0.2, 0.25) is 11.8 Å². The molecular formula is C10H19N3O2. The molecule has 5 heteroatoms. The van der Waals surface area contributed by atoms with Gasteiger partial charge in [0.05, 0.1) is 12.5 Å². The zero-order chi connectivity index (χ0) is 11.4. The summed E-state index contributed by atoms with van der Waals surface area (Å²) in [4.78, 5) is 24.6. The first-order chi connectivity index (χ1) is 7.10. The molecule has 0 spiro atoms. The van der Waals surface area contributed by atoms with Crippen LogP contribution >= 0.6 is 0 Å². The molecule has 1 fully saturated rings. The van der Waals surface area contributed by atoms with Crippen molar-refractivity contribution in [2.75, 3.05) is 19.6 Å². The van der Waals surface area contributed by atoms with Gasteiger partial charge in [-0.15, -0.1) is 0 Å². The molecule has 2 amide bonds. The lowest BCUT2D eigenvalue weighted by molar-refractivity contribution is -0.136. The molecule has 3 N–H and O–H groups in total. The molecule has 1 saturated carbocycles. The third-order valence-electron chi connectivity index (χ3n) is 2.56. The van der Waals surface area contributed by atoms with Gasteiger partial charge < -0.3 is 16.0 Å². The Morgan fingerprint density at radius 2 is 2.07 bits per heavy atom. The smallest absolute Gasteiger partial charge is 0.239 e. The molecule has 0 heterocycles. The Bertz CT molecular complexity index is 255. The highest BCUT2D eigenvalue weighted by Crippen LogP contribution is 2.29. The molecule has 0 aromatic heterocycles. The first-order valence-corrected chi connectivity index (χ1v) is 5.41. The Kier molecular flexibility index (Phi) is 4.08. The molecule has 0 saturated heterocycles. The minimum Gasteiger partial charge on any atom is -0.355 e. The van der Waals surface area contributed by atoms with E-state index in [2.05, 4.69) is 5.32 Å². The van der Waals surface area contributed by atoms with Crippen LogP contribution in [-0.2, 0) is 9.59 Å². The Morgan fingerprint density at radius 3 is 2.47 bits per heavy atom. The minimum absolute atomic E-state index is 0.000728. The van der Waals surface area contributed by atoms with E-state index >= 15 is 0 Å². The Labute approximate surface area is 90.0 Å². The average molecular weight is 213 g/mol. The quantitative estimate of drug-likeness (QED) is 0.635. The summed E-state index contributed by atoms with van der Waals surface area (Å²) < 4.78 is 0. The van der Waals surface area contributed by atoms with Gasteiger partial charge in [-0.05, 0) is 20.3 Å². The van der Waals surface area contributed by atoms with Crippen LogP contribution in [-0.4, -0.2) is 42.4 Å². The summed E-state index contributed by atoms with van der Waals surface area (Å²) in [6, 6.07) is 0.000728. The van der Waals surface area contributed by atoms with Gasteiger partial charge in [0, 0.05) is 19.1 Å². The second-order valence-corrected chi connectivity index (χ2v) is 3.81. The van der Waals surface area contributed by atoms with Gasteiger partial charge in [0.15, 0.2) is 0 Å². The molecule has 0 aliphatic heterocycles. The maximum Gasteiger partial charge on any atom is 0.239 e. The van der Waals surface area contributed by atoms with Crippen molar-refractivity contribution < 1.29 is 9.59 Å². The second-order valence-electron chi connectivity index (χ2n) is 3.81. The number of nitrogens with one attached hydrogen (secondary N) is 1. The van der Waals surface area contributed by atoms with Crippen molar-refractivity contribution in [2.45, 2.75) is 26.3 Å². The van der Waals surface area contributed by atoms with Crippen LogP contribution in [0.1, 0.15) is 20.3 Å². The molecule has 1 rings (SSSR count). The largest absolute Gasteiger partial charge is 0.355 e. The summed E-state index contributed by atoms with van der Waals surface area (Å²) in [7, 11) is 0. The van der Waals surface area contributed by atoms with Gasteiger partial charge in [-0.25, -0.2) is 0 Å². The molecule has 1 aliphatic carbocycles. The lowest BCUT2D eigenvalue weighted by Gasteiger charge is -2.20. The summed E-state index contributed by atoms with van der Waals surface area (Å²) in [5.41, 5.74) is 5.60. The van der Waals surface area contributed by atoms with Crippen LogP contribution in [0.4, 0.5) is 0 Å². The lowest BCUT2D eigenvalue weighted by atomic mass is 10.3. The SMILES string of the molecule is CCNC(=O)CN(CC)C(=O)C1CC1N. The molecular weight excluding hydrogens is 194 g/mol. The summed E-state index contributed by atoms with van der Waals surface area (Å²) >= 11 is 0. The predicted octanol–water partition coefficient (Wildman–Crippen LogP) is -0.682. The fourth-order valence-electron chi connectivity index (χ4n) is 1.51. The van der Waals surface area contributed by atoms with E-state index in [1.807, 2.05) is 13.8 Å². The number of hydrogen-bond donors (Lipinski definition) is 2. The first-order valence-electron chi connectivity index (χ1n) is 5.41. The van der Waals surface area contributed by atoms with E-state index in [0.717, 1.165) is 6.42 Å². The number of carbonyl (C=O) groups is 2. The maximum atomic E-state index is 11.8. The van der Waals surface area contributed by atoms with E-state index in [9.17, 15) is 9.59 Å². The topological polar surface area (TPSA) is 75.4 Å². The molecule has 0 aromatic carbocycles. The van der Waals surface area contributed by atoms with Crippen LogP contribution in [0.25, 0.3) is 0 Å². The van der Waals surface area contributed by atoms with Crippen molar-refractivity contribution >= 4 is 11.8 Å². The number of hydrogen-bond acceptors (Lipinski definition) is 3. The van der Waals surface area contributed by atoms with Gasteiger partial charge in [0.25, 0.3) is 0 Å². The molecule has 5 nitrogen and oxygen atoms in total.